The van der Waals surface area contributed by atoms with Gasteiger partial charge < -0.3 is 5.32 Å². The van der Waals surface area contributed by atoms with Gasteiger partial charge in [-0.15, -0.1) is 11.3 Å². The smallest absolute Gasteiger partial charge is 0.151 e. The van der Waals surface area contributed by atoms with Crippen LogP contribution in [0.25, 0.3) is 27.0 Å². The van der Waals surface area contributed by atoms with Gasteiger partial charge in [-0.05, 0) is 46.8 Å². The van der Waals surface area contributed by atoms with Crippen molar-refractivity contribution in [2.24, 2.45) is 0 Å². The highest BCUT2D eigenvalue weighted by Crippen LogP contribution is 2.30. The number of halogens is 1. The summed E-state index contributed by atoms with van der Waals surface area (Å²) in [7, 11) is 2.04. The molecule has 5 nitrogen and oxygen atoms in total. The Morgan fingerprint density at radius 1 is 1.09 bits per heavy atom. The molecule has 0 spiro atoms. The van der Waals surface area contributed by atoms with Gasteiger partial charge in [-0.3, -0.25) is 4.90 Å². The minimum atomic E-state index is 0.393. The van der Waals surface area contributed by atoms with Gasteiger partial charge in [-0.2, -0.15) is 9.61 Å². The summed E-state index contributed by atoms with van der Waals surface area (Å²) in [5.41, 5.74) is 5.16. The molecule has 2 aromatic carbocycles. The van der Waals surface area contributed by atoms with Crippen molar-refractivity contribution >= 4 is 57.8 Å². The maximum atomic E-state index is 6.49. The molecule has 170 valence electrons. The van der Waals surface area contributed by atoms with E-state index in [1.165, 1.54) is 15.6 Å². The molecular formula is C26H25BClN5S. The average molecular weight is 486 g/mol. The van der Waals surface area contributed by atoms with Gasteiger partial charge >= 0.3 is 0 Å². The number of hydrogen-bond acceptors (Lipinski definition) is 5. The zero-order valence-electron chi connectivity index (χ0n) is 19.0. The van der Waals surface area contributed by atoms with Crippen molar-refractivity contribution in [3.05, 3.63) is 76.8 Å². The van der Waals surface area contributed by atoms with Crippen molar-refractivity contribution in [1.29, 1.82) is 0 Å². The quantitative estimate of drug-likeness (QED) is 0.370. The van der Waals surface area contributed by atoms with E-state index >= 15 is 0 Å². The fourth-order valence-corrected chi connectivity index (χ4v) is 6.01. The van der Waals surface area contributed by atoms with Crippen LogP contribution in [0, 0.1) is 0 Å². The molecular weight excluding hydrogens is 461 g/mol. The number of piperidine rings is 1. The van der Waals surface area contributed by atoms with Gasteiger partial charge in [-0.25, -0.2) is 4.98 Å². The fourth-order valence-electron chi connectivity index (χ4n) is 4.82. The van der Waals surface area contributed by atoms with Crippen molar-refractivity contribution in [1.82, 2.24) is 19.5 Å². The van der Waals surface area contributed by atoms with Crippen molar-refractivity contribution in [2.45, 2.75) is 25.4 Å². The molecule has 1 N–H and O–H groups in total. The Kier molecular flexibility index (Phi) is 5.77. The monoisotopic (exact) mass is 485 g/mol. The first-order chi connectivity index (χ1) is 16.7. The number of nitrogens with one attached hydrogen (secondary N) is 1. The first-order valence-electron chi connectivity index (χ1n) is 11.7. The lowest BCUT2D eigenvalue weighted by Gasteiger charge is -2.32. The van der Waals surface area contributed by atoms with Gasteiger partial charge in [0.15, 0.2) is 5.65 Å². The summed E-state index contributed by atoms with van der Waals surface area (Å²) in [6.07, 6.45) is 4.05. The molecule has 4 heterocycles. The lowest BCUT2D eigenvalue weighted by molar-refractivity contribution is 0.212. The van der Waals surface area contributed by atoms with E-state index in [2.05, 4.69) is 51.0 Å². The average Bonchev–Trinajstić information content (AvgIpc) is 3.44. The summed E-state index contributed by atoms with van der Waals surface area (Å²) < 4.78 is 3.29. The van der Waals surface area contributed by atoms with E-state index in [4.69, 9.17) is 16.6 Å². The molecule has 0 radical (unpaired) electrons. The van der Waals surface area contributed by atoms with Gasteiger partial charge in [0.25, 0.3) is 0 Å². The standard InChI is InChI=1S/C26H25BClN5S/c27-21-14-29-33-25(13-23(31-26(21)33)20-6-1-3-7-22(20)28)30-18-9-11-32(12-10-18)15-17-16-34-24-8-4-2-5-19(17)24/h1-8,13-14,16,18,30H,9-12,15,27H2. The molecule has 5 aromatic rings. The van der Waals surface area contributed by atoms with E-state index in [0.29, 0.717) is 11.1 Å². The summed E-state index contributed by atoms with van der Waals surface area (Å²) in [6, 6.07) is 19.0. The molecule has 1 fully saturated rings. The minimum absolute atomic E-state index is 0.393. The number of benzene rings is 2. The maximum Gasteiger partial charge on any atom is 0.151 e. The topological polar surface area (TPSA) is 45.5 Å². The molecule has 1 aliphatic heterocycles. The van der Waals surface area contributed by atoms with Crippen LogP contribution in [-0.4, -0.2) is 46.5 Å². The number of anilines is 1. The Balaban J connectivity index is 1.20. The lowest BCUT2D eigenvalue weighted by Crippen LogP contribution is -2.39. The van der Waals surface area contributed by atoms with Crippen LogP contribution >= 0.6 is 22.9 Å². The van der Waals surface area contributed by atoms with E-state index in [1.54, 1.807) is 0 Å². The lowest BCUT2D eigenvalue weighted by atomic mass is 10.0. The number of fused-ring (bicyclic) bond motifs is 2. The zero-order valence-corrected chi connectivity index (χ0v) is 20.6. The SMILES string of the molecule is Bc1cnn2c(NC3CCN(Cc4csc5ccccc45)CC3)cc(-c3ccccc3Cl)nc12. The molecule has 3 aromatic heterocycles. The van der Waals surface area contributed by atoms with Crippen LogP contribution in [0.4, 0.5) is 5.82 Å². The molecule has 0 unspecified atom stereocenters. The van der Waals surface area contributed by atoms with Gasteiger partial charge in [-0.1, -0.05) is 48.0 Å². The van der Waals surface area contributed by atoms with E-state index in [0.717, 1.165) is 60.7 Å². The second-order valence-electron chi connectivity index (χ2n) is 9.02. The van der Waals surface area contributed by atoms with Crippen LogP contribution in [-0.2, 0) is 6.54 Å². The third-order valence-electron chi connectivity index (χ3n) is 6.69. The second-order valence-corrected chi connectivity index (χ2v) is 10.3. The Bertz CT molecular complexity index is 1470. The predicted octanol–water partition coefficient (Wildman–Crippen LogP) is 4.60. The normalized spacial score (nSPS) is 15.3. The molecule has 0 aliphatic carbocycles. The summed E-state index contributed by atoms with van der Waals surface area (Å²) in [5, 5.41) is 12.8. The molecule has 0 bridgehead atoms. The maximum absolute atomic E-state index is 6.49. The highest BCUT2D eigenvalue weighted by molar-refractivity contribution is 7.17. The van der Waals surface area contributed by atoms with Crippen LogP contribution in [0.5, 0.6) is 0 Å². The molecule has 1 aliphatic rings. The first-order valence-corrected chi connectivity index (χ1v) is 13.0. The van der Waals surface area contributed by atoms with Gasteiger partial charge in [0, 0.05) is 53.2 Å². The van der Waals surface area contributed by atoms with Crippen LogP contribution in [0.3, 0.4) is 0 Å². The van der Waals surface area contributed by atoms with Gasteiger partial charge in [0.2, 0.25) is 0 Å². The largest absolute Gasteiger partial charge is 0.367 e. The van der Waals surface area contributed by atoms with E-state index in [-0.39, 0.29) is 0 Å². The molecule has 8 heteroatoms. The fraction of sp³-hybridized carbons (Fsp3) is 0.231. The van der Waals surface area contributed by atoms with Crippen LogP contribution in [0.1, 0.15) is 18.4 Å². The molecule has 6 rings (SSSR count). The molecule has 1 saturated heterocycles. The number of likely N-dealkylation sites (tertiary alicyclic amines) is 1. The number of hydrogen-bond donors (Lipinski definition) is 1. The highest BCUT2D eigenvalue weighted by Gasteiger charge is 2.22. The van der Waals surface area contributed by atoms with Crippen LogP contribution in [0.15, 0.2) is 66.2 Å². The van der Waals surface area contributed by atoms with Crippen molar-refractivity contribution in [2.75, 3.05) is 18.4 Å². The minimum Gasteiger partial charge on any atom is -0.367 e. The van der Waals surface area contributed by atoms with Crippen LogP contribution in [0.2, 0.25) is 5.02 Å². The van der Waals surface area contributed by atoms with E-state index in [1.807, 2.05) is 54.2 Å². The zero-order chi connectivity index (χ0) is 23.1. The summed E-state index contributed by atoms with van der Waals surface area (Å²) >= 11 is 8.34. The summed E-state index contributed by atoms with van der Waals surface area (Å²) in [4.78, 5) is 7.44. The summed E-state index contributed by atoms with van der Waals surface area (Å²) in [6.45, 7) is 3.17. The Labute approximate surface area is 208 Å². The third kappa shape index (κ3) is 4.09. The number of aromatic nitrogens is 3. The van der Waals surface area contributed by atoms with Crippen molar-refractivity contribution in [3.8, 4) is 11.3 Å². The Morgan fingerprint density at radius 2 is 1.88 bits per heavy atom. The van der Waals surface area contributed by atoms with Crippen molar-refractivity contribution < 1.29 is 0 Å². The number of rotatable bonds is 5. The Morgan fingerprint density at radius 3 is 2.74 bits per heavy atom. The van der Waals surface area contributed by atoms with Crippen LogP contribution < -0.4 is 10.8 Å². The third-order valence-corrected chi connectivity index (χ3v) is 8.03. The first kappa shape index (κ1) is 21.7. The van der Waals surface area contributed by atoms with Gasteiger partial charge in [0.1, 0.15) is 13.7 Å². The summed E-state index contributed by atoms with van der Waals surface area (Å²) in [5.74, 6) is 0.968. The molecule has 34 heavy (non-hydrogen) atoms. The number of thiophene rings is 1. The van der Waals surface area contributed by atoms with E-state index < -0.39 is 0 Å². The predicted molar refractivity (Wildman–Crippen MR) is 145 cm³/mol. The van der Waals surface area contributed by atoms with E-state index in [9.17, 15) is 0 Å². The molecule has 0 atom stereocenters. The van der Waals surface area contributed by atoms with Gasteiger partial charge in [0.05, 0.1) is 5.69 Å². The highest BCUT2D eigenvalue weighted by atomic mass is 35.5. The number of nitrogens with zero attached hydrogens (tertiary/aromatic N) is 4. The second kappa shape index (κ2) is 9.06. The van der Waals surface area contributed by atoms with Crippen molar-refractivity contribution in [3.63, 3.8) is 0 Å². The molecule has 0 saturated carbocycles. The molecule has 0 amide bonds. The Hall–Kier alpha value is -2.87.